The summed E-state index contributed by atoms with van der Waals surface area (Å²) in [6.07, 6.45) is 1.19. The number of aliphatic hydroxyl groups excluding tert-OH is 1. The highest BCUT2D eigenvalue weighted by molar-refractivity contribution is 5.86. The van der Waals surface area contributed by atoms with Gasteiger partial charge in [-0.15, -0.1) is 0 Å². The molecule has 0 saturated carbocycles. The van der Waals surface area contributed by atoms with Crippen LogP contribution >= 0.6 is 0 Å². The molecule has 1 atom stereocenters. The van der Waals surface area contributed by atoms with E-state index in [9.17, 15) is 9.90 Å². The van der Waals surface area contributed by atoms with E-state index in [1.54, 1.807) is 0 Å². The predicted octanol–water partition coefficient (Wildman–Crippen LogP) is 3.27. The topological polar surface area (TPSA) is 37.3 Å². The first-order chi connectivity index (χ1) is 9.72. The molecular weight excluding hydrogens is 248 g/mol. The largest absolute Gasteiger partial charge is 0.395 e. The Morgan fingerprint density at radius 1 is 1.05 bits per heavy atom. The molecule has 20 heavy (non-hydrogen) atoms. The molecule has 0 aliphatic carbocycles. The summed E-state index contributed by atoms with van der Waals surface area (Å²) in [6.45, 7) is 1.85. The van der Waals surface area contributed by atoms with Crippen LogP contribution in [0.4, 0.5) is 0 Å². The number of Topliss-reactive ketones (excluding diaryl/α,β-unsaturated/α-hetero) is 1. The van der Waals surface area contributed by atoms with Gasteiger partial charge in [-0.2, -0.15) is 0 Å². The zero-order chi connectivity index (χ0) is 14.4. The van der Waals surface area contributed by atoms with Crippen LogP contribution in [0.2, 0.25) is 0 Å². The Bertz CT molecular complexity index is 561. The van der Waals surface area contributed by atoms with Crippen molar-refractivity contribution in [2.45, 2.75) is 25.7 Å². The Morgan fingerprint density at radius 2 is 1.70 bits per heavy atom. The third kappa shape index (κ3) is 3.55. The highest BCUT2D eigenvalue weighted by atomic mass is 16.3. The lowest BCUT2D eigenvalue weighted by molar-refractivity contribution is -0.121. The third-order valence-electron chi connectivity index (χ3n) is 3.64. The quantitative estimate of drug-likeness (QED) is 0.873. The predicted molar refractivity (Wildman–Crippen MR) is 80.8 cm³/mol. The van der Waals surface area contributed by atoms with Gasteiger partial charge in [0, 0.05) is 6.42 Å². The van der Waals surface area contributed by atoms with Gasteiger partial charge in [0.25, 0.3) is 0 Å². The second kappa shape index (κ2) is 7.01. The lowest BCUT2D eigenvalue weighted by Crippen LogP contribution is -2.18. The Balaban J connectivity index is 2.05. The Morgan fingerprint density at radius 3 is 2.35 bits per heavy atom. The first kappa shape index (κ1) is 14.5. The number of ketones is 1. The van der Waals surface area contributed by atoms with Gasteiger partial charge in [0.05, 0.1) is 12.5 Å². The summed E-state index contributed by atoms with van der Waals surface area (Å²) in [6, 6.07) is 17.7. The van der Waals surface area contributed by atoms with Gasteiger partial charge in [-0.05, 0) is 30.0 Å². The van der Waals surface area contributed by atoms with E-state index in [1.165, 1.54) is 0 Å². The number of hydrogen-bond acceptors (Lipinski definition) is 2. The van der Waals surface area contributed by atoms with Gasteiger partial charge >= 0.3 is 0 Å². The molecule has 1 N–H and O–H groups in total. The van der Waals surface area contributed by atoms with Gasteiger partial charge in [-0.25, -0.2) is 0 Å². The fourth-order valence-electron chi connectivity index (χ4n) is 2.44. The molecular formula is C18H20O2. The molecule has 0 fully saturated rings. The first-order valence-electron chi connectivity index (χ1n) is 6.95. The lowest BCUT2D eigenvalue weighted by atomic mass is 9.89. The monoisotopic (exact) mass is 268 g/mol. The van der Waals surface area contributed by atoms with Crippen molar-refractivity contribution in [1.29, 1.82) is 0 Å². The third-order valence-corrected chi connectivity index (χ3v) is 3.64. The van der Waals surface area contributed by atoms with E-state index >= 15 is 0 Å². The maximum absolute atomic E-state index is 12.3. The summed E-state index contributed by atoms with van der Waals surface area (Å²) in [5.74, 6) is -0.300. The summed E-state index contributed by atoms with van der Waals surface area (Å²) >= 11 is 0. The summed E-state index contributed by atoms with van der Waals surface area (Å²) in [5.41, 5.74) is 3.15. The zero-order valence-electron chi connectivity index (χ0n) is 11.8. The number of rotatable bonds is 6. The van der Waals surface area contributed by atoms with Crippen LogP contribution in [0.3, 0.4) is 0 Å². The molecule has 2 heteroatoms. The average Bonchev–Trinajstić information content (AvgIpc) is 2.49. The van der Waals surface area contributed by atoms with E-state index < -0.39 is 5.92 Å². The molecule has 0 bridgehead atoms. The normalized spacial score (nSPS) is 12.1. The smallest absolute Gasteiger partial charge is 0.142 e. The molecule has 0 spiro atoms. The van der Waals surface area contributed by atoms with Gasteiger partial charge < -0.3 is 5.11 Å². The standard InChI is InChI=1S/C18H20O2/c1-14-7-5-6-10-16(14)17(13-19)18(20)12-11-15-8-3-2-4-9-15/h2-10,17,19H,11-13H2,1H3. The fourth-order valence-corrected chi connectivity index (χ4v) is 2.44. The molecule has 0 aliphatic rings. The van der Waals surface area contributed by atoms with Crippen LogP contribution in [-0.2, 0) is 11.2 Å². The number of aliphatic hydroxyl groups is 1. The molecule has 0 heterocycles. The molecule has 1 unspecified atom stereocenters. The molecule has 104 valence electrons. The van der Waals surface area contributed by atoms with Crippen molar-refractivity contribution in [3.63, 3.8) is 0 Å². The van der Waals surface area contributed by atoms with Crippen LogP contribution in [0.1, 0.15) is 29.0 Å². The van der Waals surface area contributed by atoms with Crippen LogP contribution < -0.4 is 0 Å². The van der Waals surface area contributed by atoms with Crippen molar-refractivity contribution in [2.75, 3.05) is 6.61 Å². The maximum atomic E-state index is 12.3. The van der Waals surface area contributed by atoms with Crippen LogP contribution in [0, 0.1) is 6.92 Å². The summed E-state index contributed by atoms with van der Waals surface area (Å²) in [5, 5.41) is 9.55. The second-order valence-electron chi connectivity index (χ2n) is 5.04. The number of carbonyl (C=O) groups is 1. The van der Waals surface area contributed by atoms with Crippen LogP contribution in [0.15, 0.2) is 54.6 Å². The highest BCUT2D eigenvalue weighted by Gasteiger charge is 2.20. The van der Waals surface area contributed by atoms with Crippen molar-refractivity contribution in [2.24, 2.45) is 0 Å². The molecule has 0 aromatic heterocycles. The van der Waals surface area contributed by atoms with Crippen molar-refractivity contribution in [3.05, 3.63) is 71.3 Å². The van der Waals surface area contributed by atoms with E-state index in [1.807, 2.05) is 61.5 Å². The van der Waals surface area contributed by atoms with E-state index in [4.69, 9.17) is 0 Å². The molecule has 0 amide bonds. The number of carbonyl (C=O) groups excluding carboxylic acids is 1. The maximum Gasteiger partial charge on any atom is 0.142 e. The number of hydrogen-bond donors (Lipinski definition) is 1. The second-order valence-corrected chi connectivity index (χ2v) is 5.04. The average molecular weight is 268 g/mol. The van der Waals surface area contributed by atoms with Crippen molar-refractivity contribution in [3.8, 4) is 0 Å². The molecule has 2 nitrogen and oxygen atoms in total. The van der Waals surface area contributed by atoms with Crippen molar-refractivity contribution in [1.82, 2.24) is 0 Å². The zero-order valence-corrected chi connectivity index (χ0v) is 11.8. The SMILES string of the molecule is Cc1ccccc1C(CO)C(=O)CCc1ccccc1. The first-order valence-corrected chi connectivity index (χ1v) is 6.95. The Hall–Kier alpha value is -1.93. The van der Waals surface area contributed by atoms with Gasteiger partial charge in [0.1, 0.15) is 5.78 Å². The number of benzene rings is 2. The van der Waals surface area contributed by atoms with E-state index in [-0.39, 0.29) is 12.4 Å². The van der Waals surface area contributed by atoms with Crippen LogP contribution in [0.5, 0.6) is 0 Å². The molecule has 0 aliphatic heterocycles. The van der Waals surface area contributed by atoms with Crippen LogP contribution in [0.25, 0.3) is 0 Å². The van der Waals surface area contributed by atoms with Gasteiger partial charge in [0.2, 0.25) is 0 Å². The molecule has 0 radical (unpaired) electrons. The molecule has 2 rings (SSSR count). The Labute approximate surface area is 120 Å². The van der Waals surface area contributed by atoms with Crippen LogP contribution in [-0.4, -0.2) is 17.5 Å². The minimum Gasteiger partial charge on any atom is -0.395 e. The van der Waals surface area contributed by atoms with Crippen molar-refractivity contribution >= 4 is 5.78 Å². The minimum absolute atomic E-state index is 0.102. The van der Waals surface area contributed by atoms with Gasteiger partial charge in [0.15, 0.2) is 0 Å². The number of aryl methyl sites for hydroxylation is 2. The fraction of sp³-hybridized carbons (Fsp3) is 0.278. The van der Waals surface area contributed by atoms with Crippen molar-refractivity contribution < 1.29 is 9.90 Å². The summed E-state index contributed by atoms with van der Waals surface area (Å²) in [4.78, 5) is 12.3. The Kier molecular flexibility index (Phi) is 5.08. The summed E-state index contributed by atoms with van der Waals surface area (Å²) < 4.78 is 0. The summed E-state index contributed by atoms with van der Waals surface area (Å²) in [7, 11) is 0. The van der Waals surface area contributed by atoms with E-state index in [0.29, 0.717) is 6.42 Å². The van der Waals surface area contributed by atoms with E-state index in [2.05, 4.69) is 0 Å². The van der Waals surface area contributed by atoms with Gasteiger partial charge in [-0.1, -0.05) is 54.6 Å². The minimum atomic E-state index is -0.403. The lowest BCUT2D eigenvalue weighted by Gasteiger charge is -2.16. The van der Waals surface area contributed by atoms with E-state index in [0.717, 1.165) is 23.1 Å². The van der Waals surface area contributed by atoms with Gasteiger partial charge in [-0.3, -0.25) is 4.79 Å². The molecule has 0 saturated heterocycles. The molecule has 2 aromatic rings. The molecule has 2 aromatic carbocycles. The highest BCUT2D eigenvalue weighted by Crippen LogP contribution is 2.22.